The predicted molar refractivity (Wildman–Crippen MR) is 55.3 cm³/mol. The molecule has 82 valence electrons. The summed E-state index contributed by atoms with van der Waals surface area (Å²) in [6, 6.07) is 3.26. The topological polar surface area (TPSA) is 77.8 Å². The van der Waals surface area contributed by atoms with Crippen molar-refractivity contribution in [3.05, 3.63) is 24.2 Å². The lowest BCUT2D eigenvalue weighted by molar-refractivity contribution is -0.112. The van der Waals surface area contributed by atoms with Crippen LogP contribution in [-0.4, -0.2) is 18.2 Å². The van der Waals surface area contributed by atoms with Crippen LogP contribution in [0.3, 0.4) is 0 Å². The van der Waals surface area contributed by atoms with Gasteiger partial charge < -0.3 is 15.0 Å². The van der Waals surface area contributed by atoms with Crippen LogP contribution in [0.5, 0.6) is 0 Å². The minimum atomic E-state index is -0.665. The van der Waals surface area contributed by atoms with Crippen LogP contribution in [0.4, 0.5) is 0 Å². The Bertz CT molecular complexity index is 330. The molecule has 0 aromatic carbocycles. The smallest absolute Gasteiger partial charge is 0.274 e. The van der Waals surface area contributed by atoms with Crippen LogP contribution >= 0.6 is 0 Å². The van der Waals surface area contributed by atoms with Crippen LogP contribution < -0.4 is 5.73 Å². The number of unbranched alkanes of at least 4 members (excludes halogenated alkanes) is 1. The van der Waals surface area contributed by atoms with Crippen molar-refractivity contribution in [1.29, 1.82) is 0 Å². The Hall–Kier alpha value is -1.78. The van der Waals surface area contributed by atoms with Crippen molar-refractivity contribution in [3.63, 3.8) is 0 Å². The molecular formula is C10H14N2O3. The summed E-state index contributed by atoms with van der Waals surface area (Å²) in [5, 5.41) is 3.65. The molecule has 5 nitrogen and oxygen atoms in total. The Kier molecular flexibility index (Phi) is 4.40. The molecule has 0 saturated carbocycles. The highest BCUT2D eigenvalue weighted by molar-refractivity contribution is 6.43. The summed E-state index contributed by atoms with van der Waals surface area (Å²) in [4.78, 5) is 16.0. The van der Waals surface area contributed by atoms with E-state index in [4.69, 9.17) is 15.0 Å². The maximum Gasteiger partial charge on any atom is 0.274 e. The van der Waals surface area contributed by atoms with Crippen LogP contribution in [0.1, 0.15) is 25.5 Å². The third-order valence-electron chi connectivity index (χ3n) is 1.73. The quantitative estimate of drug-likeness (QED) is 0.436. The fourth-order valence-corrected chi connectivity index (χ4v) is 0.944. The largest absolute Gasteiger partial charge is 0.462 e. The highest BCUT2D eigenvalue weighted by Crippen LogP contribution is 2.03. The van der Waals surface area contributed by atoms with E-state index < -0.39 is 5.91 Å². The van der Waals surface area contributed by atoms with Gasteiger partial charge in [-0.2, -0.15) is 0 Å². The molecule has 0 atom stereocenters. The number of carbonyl (C=O) groups excluding carboxylic acids is 1. The van der Waals surface area contributed by atoms with Crippen molar-refractivity contribution in [2.75, 3.05) is 6.61 Å². The number of rotatable bonds is 6. The summed E-state index contributed by atoms with van der Waals surface area (Å²) >= 11 is 0. The van der Waals surface area contributed by atoms with Crippen molar-refractivity contribution in [3.8, 4) is 0 Å². The van der Waals surface area contributed by atoms with Crippen molar-refractivity contribution in [2.45, 2.75) is 19.8 Å². The number of amides is 1. The van der Waals surface area contributed by atoms with Crippen LogP contribution in [0.25, 0.3) is 0 Å². The lowest BCUT2D eigenvalue weighted by Crippen LogP contribution is -2.24. The number of carbonyl (C=O) groups is 1. The fourth-order valence-electron chi connectivity index (χ4n) is 0.944. The molecular weight excluding hydrogens is 196 g/mol. The number of primary amides is 1. The molecule has 0 spiro atoms. The van der Waals surface area contributed by atoms with Gasteiger partial charge in [-0.05, 0) is 18.6 Å². The molecule has 1 rings (SSSR count). The van der Waals surface area contributed by atoms with Gasteiger partial charge in [0.1, 0.15) is 6.61 Å². The van der Waals surface area contributed by atoms with Crippen LogP contribution in [-0.2, 0) is 9.63 Å². The monoisotopic (exact) mass is 210 g/mol. The average molecular weight is 210 g/mol. The van der Waals surface area contributed by atoms with E-state index in [0.717, 1.165) is 12.8 Å². The number of furan rings is 1. The van der Waals surface area contributed by atoms with Gasteiger partial charge in [0.15, 0.2) is 5.76 Å². The Balaban J connectivity index is 2.63. The van der Waals surface area contributed by atoms with Crippen LogP contribution in [0, 0.1) is 0 Å². The fraction of sp³-hybridized carbons (Fsp3) is 0.400. The highest BCUT2D eigenvalue weighted by atomic mass is 16.6. The average Bonchev–Trinajstić information content (AvgIpc) is 2.70. The number of nitrogens with two attached hydrogens (primary N) is 1. The van der Waals surface area contributed by atoms with Gasteiger partial charge in [0.05, 0.1) is 6.26 Å². The first-order chi connectivity index (χ1) is 7.25. The summed E-state index contributed by atoms with van der Waals surface area (Å²) in [5.41, 5.74) is 5.14. The highest BCUT2D eigenvalue weighted by Gasteiger charge is 2.13. The van der Waals surface area contributed by atoms with Gasteiger partial charge in [-0.3, -0.25) is 4.79 Å². The van der Waals surface area contributed by atoms with E-state index in [1.165, 1.54) is 6.26 Å². The van der Waals surface area contributed by atoms with Gasteiger partial charge >= 0.3 is 0 Å². The van der Waals surface area contributed by atoms with Crippen molar-refractivity contribution in [2.24, 2.45) is 10.9 Å². The minimum absolute atomic E-state index is 0.0103. The van der Waals surface area contributed by atoms with E-state index in [1.807, 2.05) is 6.92 Å². The molecule has 1 aromatic rings. The van der Waals surface area contributed by atoms with Gasteiger partial charge in [-0.15, -0.1) is 0 Å². The standard InChI is InChI=1S/C10H14N2O3/c1-2-3-7-15-12-9(10(11)13)8-5-4-6-14-8/h4-6H,2-3,7H2,1H3,(H2,11,13). The zero-order chi connectivity index (χ0) is 11.1. The molecule has 2 N–H and O–H groups in total. The molecule has 0 saturated heterocycles. The van der Waals surface area contributed by atoms with E-state index in [-0.39, 0.29) is 5.71 Å². The molecule has 0 aliphatic heterocycles. The predicted octanol–water partition coefficient (Wildman–Crippen LogP) is 1.29. The van der Waals surface area contributed by atoms with Gasteiger partial charge in [0, 0.05) is 0 Å². The van der Waals surface area contributed by atoms with Crippen molar-refractivity contribution >= 4 is 11.6 Å². The first-order valence-electron chi connectivity index (χ1n) is 4.79. The Morgan fingerprint density at radius 2 is 2.47 bits per heavy atom. The Morgan fingerprint density at radius 1 is 1.67 bits per heavy atom. The van der Waals surface area contributed by atoms with Gasteiger partial charge in [-0.1, -0.05) is 18.5 Å². The summed E-state index contributed by atoms with van der Waals surface area (Å²) in [6.45, 7) is 2.50. The number of nitrogens with zero attached hydrogens (tertiary/aromatic N) is 1. The van der Waals surface area contributed by atoms with Gasteiger partial charge in [-0.25, -0.2) is 0 Å². The van der Waals surface area contributed by atoms with Crippen LogP contribution in [0.15, 0.2) is 28.0 Å². The number of hydrogen-bond donors (Lipinski definition) is 1. The molecule has 0 aliphatic rings. The molecule has 1 aromatic heterocycles. The lowest BCUT2D eigenvalue weighted by atomic mass is 10.3. The van der Waals surface area contributed by atoms with Crippen molar-refractivity contribution < 1.29 is 14.0 Å². The summed E-state index contributed by atoms with van der Waals surface area (Å²) in [5.74, 6) is -0.347. The molecule has 0 unspecified atom stereocenters. The second-order valence-electron chi connectivity index (χ2n) is 2.97. The van der Waals surface area contributed by atoms with E-state index in [1.54, 1.807) is 12.1 Å². The number of oxime groups is 1. The van der Waals surface area contributed by atoms with Crippen molar-refractivity contribution in [1.82, 2.24) is 0 Å². The first kappa shape index (κ1) is 11.3. The second kappa shape index (κ2) is 5.85. The summed E-state index contributed by atoms with van der Waals surface area (Å²) in [6.07, 6.45) is 3.33. The second-order valence-corrected chi connectivity index (χ2v) is 2.97. The molecule has 0 aliphatic carbocycles. The third-order valence-corrected chi connectivity index (χ3v) is 1.73. The van der Waals surface area contributed by atoms with Crippen LogP contribution in [0.2, 0.25) is 0 Å². The maximum atomic E-state index is 11.0. The normalized spacial score (nSPS) is 11.4. The lowest BCUT2D eigenvalue weighted by Gasteiger charge is -1.99. The SMILES string of the molecule is CCCCON=C(C(N)=O)c1ccco1. The molecule has 1 heterocycles. The van der Waals surface area contributed by atoms with E-state index >= 15 is 0 Å². The third kappa shape index (κ3) is 3.46. The number of hydrogen-bond acceptors (Lipinski definition) is 4. The van der Waals surface area contributed by atoms with E-state index in [0.29, 0.717) is 12.4 Å². The molecule has 0 fully saturated rings. The minimum Gasteiger partial charge on any atom is -0.462 e. The molecule has 0 radical (unpaired) electrons. The molecule has 5 heteroatoms. The first-order valence-corrected chi connectivity index (χ1v) is 4.79. The zero-order valence-corrected chi connectivity index (χ0v) is 8.60. The zero-order valence-electron chi connectivity index (χ0n) is 8.60. The Morgan fingerprint density at radius 3 is 3.00 bits per heavy atom. The molecule has 0 bridgehead atoms. The molecule has 1 amide bonds. The van der Waals surface area contributed by atoms with Gasteiger partial charge in [0.25, 0.3) is 5.91 Å². The van der Waals surface area contributed by atoms with E-state index in [2.05, 4.69) is 5.16 Å². The maximum absolute atomic E-state index is 11.0. The molecule has 15 heavy (non-hydrogen) atoms. The van der Waals surface area contributed by atoms with E-state index in [9.17, 15) is 4.79 Å². The summed E-state index contributed by atoms with van der Waals surface area (Å²) in [7, 11) is 0. The van der Waals surface area contributed by atoms with Gasteiger partial charge in [0.2, 0.25) is 5.71 Å². The summed E-state index contributed by atoms with van der Waals surface area (Å²) < 4.78 is 5.00. The Labute approximate surface area is 87.9 Å².